The molecule has 0 fully saturated rings. The Kier molecular flexibility index (Phi) is 8.65. The van der Waals surface area contributed by atoms with Crippen molar-refractivity contribution in [3.63, 3.8) is 0 Å². The minimum Gasteiger partial charge on any atom is -0.493 e. The molecule has 38 heavy (non-hydrogen) atoms. The summed E-state index contributed by atoms with van der Waals surface area (Å²) in [5.41, 5.74) is 1.73. The molecule has 0 saturated heterocycles. The van der Waals surface area contributed by atoms with Crippen LogP contribution in [0.1, 0.15) is 44.4 Å². The Morgan fingerprint density at radius 1 is 1.16 bits per heavy atom. The Hall–Kier alpha value is -3.07. The van der Waals surface area contributed by atoms with E-state index in [-0.39, 0.29) is 11.1 Å². The molecule has 3 aromatic rings. The third-order valence-electron chi connectivity index (χ3n) is 6.13. The number of hydrogen-bond acceptors (Lipinski definition) is 7. The number of aromatic nitrogens is 1. The van der Waals surface area contributed by atoms with Crippen molar-refractivity contribution in [3.05, 3.63) is 88.5 Å². The summed E-state index contributed by atoms with van der Waals surface area (Å²) in [4.78, 5) is 31.7. The number of carbonyl (C=O) groups excluding carboxylic acids is 1. The number of allylic oxidation sites excluding steroid dienone is 1. The number of halogens is 2. The molecule has 1 atom stereocenters. The van der Waals surface area contributed by atoms with Crippen LogP contribution in [-0.4, -0.2) is 31.4 Å². The van der Waals surface area contributed by atoms with Crippen molar-refractivity contribution >= 4 is 46.6 Å². The van der Waals surface area contributed by atoms with Gasteiger partial charge in [-0.1, -0.05) is 60.5 Å². The Balaban J connectivity index is 1.88. The molecule has 0 radical (unpaired) electrons. The van der Waals surface area contributed by atoms with Gasteiger partial charge in [-0.15, -0.1) is 0 Å². The summed E-state index contributed by atoms with van der Waals surface area (Å²) in [5, 5.41) is 0.918. The average Bonchev–Trinajstić information content (AvgIpc) is 3.18. The highest BCUT2D eigenvalue weighted by Gasteiger charge is 2.33. The lowest BCUT2D eigenvalue weighted by atomic mass is 9.95. The molecule has 0 spiro atoms. The second-order valence-electron chi connectivity index (χ2n) is 9.18. The second kappa shape index (κ2) is 11.8. The quantitative estimate of drug-likeness (QED) is 0.348. The summed E-state index contributed by atoms with van der Waals surface area (Å²) in [6.45, 7) is 6.53. The molecule has 0 bridgehead atoms. The Bertz CT molecular complexity index is 1590. The maximum absolute atomic E-state index is 13.8. The molecule has 200 valence electrons. The van der Waals surface area contributed by atoms with Crippen LogP contribution in [0.4, 0.5) is 0 Å². The second-order valence-corrected chi connectivity index (χ2v) is 11.0. The number of thiazole rings is 1. The van der Waals surface area contributed by atoms with E-state index in [0.29, 0.717) is 60.2 Å². The number of hydrogen-bond donors (Lipinski definition) is 0. The predicted molar refractivity (Wildman–Crippen MR) is 150 cm³/mol. The first-order chi connectivity index (χ1) is 18.1. The molecule has 1 aliphatic rings. The van der Waals surface area contributed by atoms with Gasteiger partial charge in [-0.05, 0) is 60.7 Å². The number of ether oxygens (including phenoxy) is 3. The molecule has 0 amide bonds. The first-order valence-electron chi connectivity index (χ1n) is 12.0. The zero-order valence-corrected chi connectivity index (χ0v) is 24.0. The first-order valence-corrected chi connectivity index (χ1v) is 13.6. The highest BCUT2D eigenvalue weighted by molar-refractivity contribution is 7.07. The SMILES string of the molecule is COC(=O)C1=C(C)N=c2sc(=Cc3ccc(Cl)cc3Cl)c(=O)n2C1c1ccc(OCCC(C)C)c(OC)c1. The maximum atomic E-state index is 13.8. The van der Waals surface area contributed by atoms with E-state index in [1.54, 1.807) is 50.4 Å². The topological polar surface area (TPSA) is 79.1 Å². The van der Waals surface area contributed by atoms with Crippen molar-refractivity contribution in [3.8, 4) is 11.5 Å². The zero-order valence-electron chi connectivity index (χ0n) is 21.7. The number of methoxy groups -OCH3 is 2. The predicted octanol–water partition coefficient (Wildman–Crippen LogP) is 5.15. The van der Waals surface area contributed by atoms with Gasteiger partial charge >= 0.3 is 5.97 Å². The zero-order chi connectivity index (χ0) is 27.6. The lowest BCUT2D eigenvalue weighted by molar-refractivity contribution is -0.136. The summed E-state index contributed by atoms with van der Waals surface area (Å²) in [6.07, 6.45) is 2.59. The van der Waals surface area contributed by atoms with E-state index < -0.39 is 12.0 Å². The minimum absolute atomic E-state index is 0.270. The Labute approximate surface area is 234 Å². The summed E-state index contributed by atoms with van der Waals surface area (Å²) in [6, 6.07) is 9.69. The lowest BCUT2D eigenvalue weighted by Gasteiger charge is -2.25. The molecule has 1 unspecified atom stereocenters. The van der Waals surface area contributed by atoms with Gasteiger partial charge in [-0.2, -0.15) is 0 Å². The third-order valence-corrected chi connectivity index (χ3v) is 7.68. The molecule has 2 heterocycles. The fourth-order valence-corrected chi connectivity index (χ4v) is 5.65. The van der Waals surface area contributed by atoms with Crippen LogP contribution < -0.4 is 24.4 Å². The standard InChI is InChI=1S/C28H28Cl2N2O5S/c1-15(2)10-11-37-21-9-7-18(12-22(21)35-4)25-24(27(34)36-5)16(3)31-28-32(25)26(33)23(38-28)13-17-6-8-19(29)14-20(17)30/h6-9,12-15,25H,10-11H2,1-5H3. The van der Waals surface area contributed by atoms with Crippen LogP contribution in [0.25, 0.3) is 6.08 Å². The van der Waals surface area contributed by atoms with E-state index in [1.165, 1.54) is 23.0 Å². The van der Waals surface area contributed by atoms with Crippen LogP contribution in [0.5, 0.6) is 11.5 Å². The van der Waals surface area contributed by atoms with Crippen molar-refractivity contribution < 1.29 is 19.0 Å². The van der Waals surface area contributed by atoms with Crippen molar-refractivity contribution in [1.29, 1.82) is 0 Å². The van der Waals surface area contributed by atoms with Crippen LogP contribution >= 0.6 is 34.5 Å². The molecule has 4 rings (SSSR count). The van der Waals surface area contributed by atoms with Gasteiger partial charge in [-0.3, -0.25) is 9.36 Å². The first kappa shape index (κ1) is 28.0. The molecule has 7 nitrogen and oxygen atoms in total. The largest absolute Gasteiger partial charge is 0.493 e. The number of esters is 1. The van der Waals surface area contributed by atoms with E-state index in [1.807, 2.05) is 6.07 Å². The number of carbonyl (C=O) groups is 1. The molecule has 0 saturated carbocycles. The van der Waals surface area contributed by atoms with Gasteiger partial charge in [0.25, 0.3) is 5.56 Å². The summed E-state index contributed by atoms with van der Waals surface area (Å²) in [5.74, 6) is 1.02. The monoisotopic (exact) mass is 574 g/mol. The number of nitrogens with zero attached hydrogens (tertiary/aromatic N) is 2. The van der Waals surface area contributed by atoms with Crippen LogP contribution in [0, 0.1) is 5.92 Å². The van der Waals surface area contributed by atoms with Crippen molar-refractivity contribution in [1.82, 2.24) is 4.57 Å². The van der Waals surface area contributed by atoms with Gasteiger partial charge in [0.15, 0.2) is 16.3 Å². The van der Waals surface area contributed by atoms with Crippen molar-refractivity contribution in [2.24, 2.45) is 10.9 Å². The van der Waals surface area contributed by atoms with E-state index in [4.69, 9.17) is 37.4 Å². The van der Waals surface area contributed by atoms with Gasteiger partial charge in [0.05, 0.1) is 42.7 Å². The molecule has 2 aromatic carbocycles. The minimum atomic E-state index is -0.778. The van der Waals surface area contributed by atoms with E-state index >= 15 is 0 Å². The van der Waals surface area contributed by atoms with Crippen LogP contribution in [0.2, 0.25) is 10.0 Å². The van der Waals surface area contributed by atoms with Crippen molar-refractivity contribution in [2.45, 2.75) is 33.2 Å². The number of rotatable bonds is 8. The molecular formula is C28H28Cl2N2O5S. The fourth-order valence-electron chi connectivity index (χ4n) is 4.15. The summed E-state index contributed by atoms with van der Waals surface area (Å²) >= 11 is 13.6. The smallest absolute Gasteiger partial charge is 0.338 e. The van der Waals surface area contributed by atoms with E-state index in [0.717, 1.165) is 6.42 Å². The lowest BCUT2D eigenvalue weighted by Crippen LogP contribution is -2.39. The van der Waals surface area contributed by atoms with E-state index in [9.17, 15) is 9.59 Å². The average molecular weight is 576 g/mol. The molecule has 1 aliphatic heterocycles. The van der Waals surface area contributed by atoms with Gasteiger partial charge in [0.2, 0.25) is 0 Å². The van der Waals surface area contributed by atoms with Crippen LogP contribution in [0.15, 0.2) is 57.5 Å². The molecule has 10 heteroatoms. The van der Waals surface area contributed by atoms with Crippen LogP contribution in [-0.2, 0) is 9.53 Å². The number of benzene rings is 2. The fraction of sp³-hybridized carbons (Fsp3) is 0.321. The summed E-state index contributed by atoms with van der Waals surface area (Å²) < 4.78 is 18.6. The van der Waals surface area contributed by atoms with E-state index in [2.05, 4.69) is 18.8 Å². The van der Waals surface area contributed by atoms with Gasteiger partial charge in [-0.25, -0.2) is 9.79 Å². The molecular weight excluding hydrogens is 547 g/mol. The molecule has 0 aliphatic carbocycles. The molecule has 0 N–H and O–H groups in total. The van der Waals surface area contributed by atoms with Gasteiger partial charge in [0, 0.05) is 10.0 Å². The third kappa shape index (κ3) is 5.67. The van der Waals surface area contributed by atoms with Gasteiger partial charge < -0.3 is 14.2 Å². The highest BCUT2D eigenvalue weighted by Crippen LogP contribution is 2.36. The molecule has 1 aromatic heterocycles. The normalized spacial score (nSPS) is 15.4. The summed E-state index contributed by atoms with van der Waals surface area (Å²) in [7, 11) is 2.86. The maximum Gasteiger partial charge on any atom is 0.338 e. The Morgan fingerprint density at radius 3 is 2.58 bits per heavy atom. The van der Waals surface area contributed by atoms with Crippen LogP contribution in [0.3, 0.4) is 0 Å². The van der Waals surface area contributed by atoms with Crippen molar-refractivity contribution in [2.75, 3.05) is 20.8 Å². The van der Waals surface area contributed by atoms with Gasteiger partial charge in [0.1, 0.15) is 0 Å². The Morgan fingerprint density at radius 2 is 1.92 bits per heavy atom. The highest BCUT2D eigenvalue weighted by atomic mass is 35.5. The number of fused-ring (bicyclic) bond motifs is 1.